The molecule has 0 unspecified atom stereocenters. The average molecular weight is 198 g/mol. The molecule has 1 aromatic rings. The van der Waals surface area contributed by atoms with Crippen LogP contribution in [0.2, 0.25) is 5.02 Å². The third-order valence-corrected chi connectivity index (χ3v) is 2.27. The van der Waals surface area contributed by atoms with Crippen molar-refractivity contribution in [2.24, 2.45) is 0 Å². The van der Waals surface area contributed by atoms with Crippen LogP contribution < -0.4 is 10.1 Å². The highest BCUT2D eigenvalue weighted by molar-refractivity contribution is 6.30. The number of benzene rings is 1. The maximum absolute atomic E-state index is 5.86. The number of nitrogens with one attached hydrogen (secondary N) is 1. The third kappa shape index (κ3) is 1.73. The monoisotopic (exact) mass is 197 g/mol. The number of rotatable bonds is 0. The van der Waals surface area contributed by atoms with E-state index in [9.17, 15) is 0 Å². The molecule has 2 rings (SSSR count). The molecule has 0 saturated carbocycles. The fraction of sp³-hybridized carbons (Fsp3) is 0.400. The van der Waals surface area contributed by atoms with Crippen molar-refractivity contribution in [3.8, 4) is 5.75 Å². The molecule has 1 N–H and O–H groups in total. The van der Waals surface area contributed by atoms with E-state index >= 15 is 0 Å². The molecule has 70 valence electrons. The van der Waals surface area contributed by atoms with Crippen LogP contribution in [-0.2, 0) is 0 Å². The minimum absolute atomic E-state index is 0.155. The van der Waals surface area contributed by atoms with Gasteiger partial charge in [0, 0.05) is 11.1 Å². The van der Waals surface area contributed by atoms with Gasteiger partial charge in [0.15, 0.2) is 0 Å². The molecule has 1 aliphatic heterocycles. The summed E-state index contributed by atoms with van der Waals surface area (Å²) in [6.45, 7) is 4.91. The van der Waals surface area contributed by atoms with Crippen molar-refractivity contribution in [3.63, 3.8) is 0 Å². The van der Waals surface area contributed by atoms with Gasteiger partial charge in [-0.3, -0.25) is 0 Å². The Morgan fingerprint density at radius 3 is 3.00 bits per heavy atom. The van der Waals surface area contributed by atoms with Crippen LogP contribution in [0.15, 0.2) is 18.2 Å². The molecule has 1 aliphatic rings. The van der Waals surface area contributed by atoms with E-state index < -0.39 is 0 Å². The topological polar surface area (TPSA) is 21.3 Å². The first-order chi connectivity index (χ1) is 6.07. The lowest BCUT2D eigenvalue weighted by Gasteiger charge is -2.33. The maximum Gasteiger partial charge on any atom is 0.144 e. The van der Waals surface area contributed by atoms with Gasteiger partial charge in [-0.2, -0.15) is 0 Å². The van der Waals surface area contributed by atoms with Crippen LogP contribution in [0.3, 0.4) is 0 Å². The summed E-state index contributed by atoms with van der Waals surface area (Å²) in [4.78, 5) is 0. The Morgan fingerprint density at radius 1 is 1.46 bits per heavy atom. The van der Waals surface area contributed by atoms with Crippen LogP contribution >= 0.6 is 11.6 Å². The van der Waals surface area contributed by atoms with Gasteiger partial charge in [-0.05, 0) is 26.0 Å². The predicted octanol–water partition coefficient (Wildman–Crippen LogP) is 2.92. The van der Waals surface area contributed by atoms with E-state index in [2.05, 4.69) is 5.32 Å². The van der Waals surface area contributed by atoms with Crippen molar-refractivity contribution < 1.29 is 4.74 Å². The van der Waals surface area contributed by atoms with Gasteiger partial charge in [-0.15, -0.1) is 0 Å². The molecule has 0 amide bonds. The van der Waals surface area contributed by atoms with Gasteiger partial charge in [-0.25, -0.2) is 0 Å². The summed E-state index contributed by atoms with van der Waals surface area (Å²) in [6.07, 6.45) is 0. The molecule has 2 nitrogen and oxygen atoms in total. The van der Waals surface area contributed by atoms with Crippen LogP contribution in [0.5, 0.6) is 5.75 Å². The van der Waals surface area contributed by atoms with Gasteiger partial charge >= 0.3 is 0 Å². The molecular weight excluding hydrogens is 186 g/mol. The Hall–Kier alpha value is -0.890. The van der Waals surface area contributed by atoms with Gasteiger partial charge in [-0.1, -0.05) is 11.6 Å². The predicted molar refractivity (Wildman–Crippen MR) is 54.6 cm³/mol. The maximum atomic E-state index is 5.86. The van der Waals surface area contributed by atoms with Crippen molar-refractivity contribution in [2.75, 3.05) is 11.9 Å². The second-order valence-corrected chi connectivity index (χ2v) is 4.29. The van der Waals surface area contributed by atoms with Crippen LogP contribution in [-0.4, -0.2) is 12.1 Å². The Balaban J connectivity index is 2.38. The van der Waals surface area contributed by atoms with Gasteiger partial charge in [0.05, 0.1) is 12.2 Å². The highest BCUT2D eigenvalue weighted by Gasteiger charge is 2.25. The third-order valence-electron chi connectivity index (χ3n) is 2.03. The molecule has 0 aromatic heterocycles. The number of hydrogen-bond acceptors (Lipinski definition) is 2. The van der Waals surface area contributed by atoms with Gasteiger partial charge in [0.2, 0.25) is 0 Å². The normalized spacial score (nSPS) is 18.4. The summed E-state index contributed by atoms with van der Waals surface area (Å²) in [7, 11) is 0. The minimum atomic E-state index is -0.155. The fourth-order valence-electron chi connectivity index (χ4n) is 1.37. The quantitative estimate of drug-likeness (QED) is 0.691. The highest BCUT2D eigenvalue weighted by Crippen LogP contribution is 2.34. The van der Waals surface area contributed by atoms with Crippen LogP contribution in [0.25, 0.3) is 0 Å². The number of hydrogen-bond donors (Lipinski definition) is 1. The van der Waals surface area contributed by atoms with Crippen molar-refractivity contribution in [2.45, 2.75) is 19.4 Å². The fourth-order valence-corrected chi connectivity index (χ4v) is 1.53. The van der Waals surface area contributed by atoms with Crippen molar-refractivity contribution in [1.82, 2.24) is 0 Å². The smallest absolute Gasteiger partial charge is 0.144 e. The first kappa shape index (κ1) is 8.70. The number of fused-ring (bicyclic) bond motifs is 1. The van der Waals surface area contributed by atoms with Gasteiger partial charge in [0.25, 0.3) is 0 Å². The molecule has 1 heterocycles. The van der Waals surface area contributed by atoms with E-state index in [0.717, 1.165) is 18.0 Å². The van der Waals surface area contributed by atoms with E-state index in [4.69, 9.17) is 16.3 Å². The zero-order chi connectivity index (χ0) is 9.47. The lowest BCUT2D eigenvalue weighted by molar-refractivity contribution is 0.116. The zero-order valence-electron chi connectivity index (χ0n) is 7.73. The Labute approximate surface area is 82.9 Å². The molecule has 3 heteroatoms. The number of ether oxygens (including phenoxy) is 1. The largest absolute Gasteiger partial charge is 0.484 e. The summed E-state index contributed by atoms with van der Waals surface area (Å²) >= 11 is 5.86. The second-order valence-electron chi connectivity index (χ2n) is 3.86. The van der Waals surface area contributed by atoms with Crippen molar-refractivity contribution >= 4 is 17.3 Å². The Morgan fingerprint density at radius 2 is 2.23 bits per heavy atom. The number of halogens is 1. The molecule has 0 fully saturated rings. The summed E-state index contributed by atoms with van der Waals surface area (Å²) < 4.78 is 5.75. The summed E-state index contributed by atoms with van der Waals surface area (Å²) in [5, 5.41) is 4.00. The van der Waals surface area contributed by atoms with E-state index in [1.165, 1.54) is 0 Å². The molecule has 0 spiro atoms. The van der Waals surface area contributed by atoms with E-state index in [0.29, 0.717) is 5.02 Å². The molecular formula is C10H12ClNO. The van der Waals surface area contributed by atoms with Crippen LogP contribution in [0, 0.1) is 0 Å². The molecule has 0 radical (unpaired) electrons. The van der Waals surface area contributed by atoms with Gasteiger partial charge in [0.1, 0.15) is 11.4 Å². The molecule has 0 saturated heterocycles. The standard InChI is InChI=1S/C10H12ClNO/c1-10(2)6-12-8-4-3-7(11)5-9(8)13-10/h3-5,12H,6H2,1-2H3. The second kappa shape index (κ2) is 2.81. The minimum Gasteiger partial charge on any atom is -0.484 e. The lowest BCUT2D eigenvalue weighted by atomic mass is 10.1. The van der Waals surface area contributed by atoms with E-state index in [-0.39, 0.29) is 5.60 Å². The van der Waals surface area contributed by atoms with E-state index in [1.807, 2.05) is 32.0 Å². The van der Waals surface area contributed by atoms with Crippen molar-refractivity contribution in [3.05, 3.63) is 23.2 Å². The molecule has 0 aliphatic carbocycles. The van der Waals surface area contributed by atoms with Crippen molar-refractivity contribution in [1.29, 1.82) is 0 Å². The lowest BCUT2D eigenvalue weighted by Crippen LogP contribution is -2.39. The zero-order valence-corrected chi connectivity index (χ0v) is 8.48. The summed E-state index contributed by atoms with van der Waals surface area (Å²) in [5.41, 5.74) is 0.862. The number of anilines is 1. The van der Waals surface area contributed by atoms with Gasteiger partial charge < -0.3 is 10.1 Å². The SMILES string of the molecule is CC1(C)CNc2ccc(Cl)cc2O1. The molecule has 1 aromatic carbocycles. The first-order valence-corrected chi connectivity index (χ1v) is 4.67. The summed E-state index contributed by atoms with van der Waals surface area (Å²) in [5.74, 6) is 0.837. The van der Waals surface area contributed by atoms with E-state index in [1.54, 1.807) is 0 Å². The Bertz CT molecular complexity index is 336. The first-order valence-electron chi connectivity index (χ1n) is 4.29. The molecule has 0 bridgehead atoms. The molecule has 0 atom stereocenters. The van der Waals surface area contributed by atoms with Crippen LogP contribution in [0.1, 0.15) is 13.8 Å². The Kier molecular flexibility index (Phi) is 1.88. The average Bonchev–Trinajstić information content (AvgIpc) is 2.01. The highest BCUT2D eigenvalue weighted by atomic mass is 35.5. The summed E-state index contributed by atoms with van der Waals surface area (Å²) in [6, 6.07) is 5.63. The molecule has 13 heavy (non-hydrogen) atoms. The van der Waals surface area contributed by atoms with Crippen LogP contribution in [0.4, 0.5) is 5.69 Å².